The fourth-order valence-corrected chi connectivity index (χ4v) is 5.78. The zero-order valence-corrected chi connectivity index (χ0v) is 23.8. The molecule has 0 radical (unpaired) electrons. The average Bonchev–Trinajstić information content (AvgIpc) is 3.54. The number of nitrogens with two attached hydrogens (primary N) is 1. The van der Waals surface area contributed by atoms with Crippen molar-refractivity contribution in [2.45, 2.75) is 77.0 Å². The highest BCUT2D eigenvalue weighted by atomic mass is 16.5. The van der Waals surface area contributed by atoms with E-state index in [-0.39, 0.29) is 24.1 Å². The predicted octanol–water partition coefficient (Wildman–Crippen LogP) is 3.51. The van der Waals surface area contributed by atoms with Gasteiger partial charge in [-0.05, 0) is 59.2 Å². The van der Waals surface area contributed by atoms with Crippen LogP contribution < -0.4 is 15.4 Å². The van der Waals surface area contributed by atoms with Crippen molar-refractivity contribution in [3.63, 3.8) is 0 Å². The lowest BCUT2D eigenvalue weighted by atomic mass is 9.91. The fraction of sp³-hybridized carbons (Fsp3) is 0.424. The van der Waals surface area contributed by atoms with Gasteiger partial charge in [-0.15, -0.1) is 0 Å². The van der Waals surface area contributed by atoms with Crippen molar-refractivity contribution in [1.82, 2.24) is 0 Å². The van der Waals surface area contributed by atoms with E-state index in [0.29, 0.717) is 31.7 Å². The SMILES string of the molecule is CCCCC[C@@H](O)CC(=O)CCc1ccc(O)c(OC[NH+]2C=C3N=CC(Cc4cccc5c4CC=N[C@H]5N)=C3C2)c1. The number of fused-ring (bicyclic) bond motifs is 2. The Kier molecular flexibility index (Phi) is 9.44. The van der Waals surface area contributed by atoms with Crippen molar-refractivity contribution in [3.05, 3.63) is 81.7 Å². The van der Waals surface area contributed by atoms with Gasteiger partial charge >= 0.3 is 0 Å². The highest BCUT2D eigenvalue weighted by Crippen LogP contribution is 2.30. The molecular formula is C33H41N4O4+. The molecule has 3 atom stereocenters. The van der Waals surface area contributed by atoms with E-state index >= 15 is 0 Å². The third-order valence-electron chi connectivity index (χ3n) is 8.11. The summed E-state index contributed by atoms with van der Waals surface area (Å²) in [6.07, 6.45) is 11.6. The molecule has 0 spiro atoms. The lowest BCUT2D eigenvalue weighted by Crippen LogP contribution is -3.07. The number of carbonyl (C=O) groups is 1. The number of unbranched alkanes of at least 4 members (excludes halogenated alkanes) is 2. The van der Waals surface area contributed by atoms with E-state index in [1.165, 1.54) is 22.3 Å². The molecule has 1 unspecified atom stereocenters. The van der Waals surface area contributed by atoms with Gasteiger partial charge in [0.05, 0.1) is 6.10 Å². The molecule has 0 fully saturated rings. The van der Waals surface area contributed by atoms with Gasteiger partial charge in [-0.1, -0.05) is 50.5 Å². The molecule has 0 bridgehead atoms. The van der Waals surface area contributed by atoms with Gasteiger partial charge in [0.15, 0.2) is 11.5 Å². The van der Waals surface area contributed by atoms with Crippen LogP contribution in [0.5, 0.6) is 11.5 Å². The number of phenols is 1. The molecule has 216 valence electrons. The first-order chi connectivity index (χ1) is 19.9. The van der Waals surface area contributed by atoms with E-state index in [1.54, 1.807) is 12.1 Å². The minimum Gasteiger partial charge on any atom is -0.504 e. The first-order valence-corrected chi connectivity index (χ1v) is 14.8. The van der Waals surface area contributed by atoms with Crippen LogP contribution >= 0.6 is 0 Å². The van der Waals surface area contributed by atoms with Gasteiger partial charge in [0.1, 0.15) is 30.4 Å². The number of carbonyl (C=O) groups excluding carboxylic acids is 1. The molecule has 41 heavy (non-hydrogen) atoms. The second-order valence-corrected chi connectivity index (χ2v) is 11.3. The quantitative estimate of drug-likeness (QED) is 0.265. The number of allylic oxidation sites excluding steroid dienone is 1. The van der Waals surface area contributed by atoms with Gasteiger partial charge < -0.3 is 20.7 Å². The Morgan fingerprint density at radius 2 is 2.12 bits per heavy atom. The van der Waals surface area contributed by atoms with Crippen molar-refractivity contribution in [2.24, 2.45) is 15.7 Å². The summed E-state index contributed by atoms with van der Waals surface area (Å²) in [4.78, 5) is 22.5. The van der Waals surface area contributed by atoms with Crippen molar-refractivity contribution in [2.75, 3.05) is 13.3 Å². The Labute approximate surface area is 242 Å². The summed E-state index contributed by atoms with van der Waals surface area (Å²) in [5, 5.41) is 20.5. The summed E-state index contributed by atoms with van der Waals surface area (Å²) >= 11 is 0. The summed E-state index contributed by atoms with van der Waals surface area (Å²) in [5.41, 5.74) is 14.1. The number of quaternary nitrogens is 1. The standard InChI is InChI=1S/C33H40N4O4/c1-2-3-4-7-25(38)17-26(39)11-9-22-10-12-31(40)32(15-22)41-21-37-19-29-24(18-36-30(29)20-37)16-23-6-5-8-28-27(23)13-14-35-33(28)34/h5-6,8,10,12,14-15,18,20,25,33,38,40H,2-4,7,9,11,13,16-17,19,21,34H2,1H3/p+1/t25-,33-/m1/s1. The smallest absolute Gasteiger partial charge is 0.227 e. The second-order valence-electron chi connectivity index (χ2n) is 11.3. The highest BCUT2D eigenvalue weighted by Gasteiger charge is 2.30. The largest absolute Gasteiger partial charge is 0.504 e. The number of aromatic hydroxyl groups is 1. The van der Waals surface area contributed by atoms with E-state index in [9.17, 15) is 15.0 Å². The van der Waals surface area contributed by atoms with Crippen LogP contribution in [-0.4, -0.2) is 47.8 Å². The molecule has 2 aromatic carbocycles. The molecule has 3 aliphatic heterocycles. The Bertz CT molecular complexity index is 1390. The van der Waals surface area contributed by atoms with Gasteiger partial charge in [-0.25, -0.2) is 0 Å². The summed E-state index contributed by atoms with van der Waals surface area (Å²) < 4.78 is 6.03. The van der Waals surface area contributed by atoms with E-state index in [1.807, 2.05) is 18.5 Å². The molecule has 0 aromatic heterocycles. The maximum absolute atomic E-state index is 12.4. The minimum absolute atomic E-state index is 0.0563. The number of hydrogen-bond donors (Lipinski definition) is 4. The molecule has 0 saturated carbocycles. The monoisotopic (exact) mass is 557 g/mol. The van der Waals surface area contributed by atoms with Gasteiger partial charge in [-0.3, -0.25) is 19.7 Å². The number of nitrogens with zero attached hydrogens (tertiary/aromatic N) is 2. The summed E-state index contributed by atoms with van der Waals surface area (Å²) in [7, 11) is 0. The first kappa shape index (κ1) is 28.9. The van der Waals surface area contributed by atoms with Crippen molar-refractivity contribution >= 4 is 18.2 Å². The van der Waals surface area contributed by atoms with E-state index in [2.05, 4.69) is 41.3 Å². The second kappa shape index (κ2) is 13.4. The number of aryl methyl sites for hydroxylation is 1. The number of ether oxygens (including phenoxy) is 1. The van der Waals surface area contributed by atoms with Crippen LogP contribution in [0.1, 0.15) is 73.9 Å². The number of nitrogens with one attached hydrogen (secondary N) is 1. The number of aliphatic imine (C=N–C) groups is 2. The van der Waals surface area contributed by atoms with Crippen molar-refractivity contribution in [1.29, 1.82) is 0 Å². The Morgan fingerprint density at radius 3 is 2.98 bits per heavy atom. The van der Waals surface area contributed by atoms with Gasteiger partial charge in [0.25, 0.3) is 0 Å². The van der Waals surface area contributed by atoms with Gasteiger partial charge in [-0.2, -0.15) is 0 Å². The molecule has 2 aromatic rings. The number of benzene rings is 2. The number of aliphatic hydroxyl groups excluding tert-OH is 1. The number of phenolic OH excluding ortho intramolecular Hbond substituents is 1. The van der Waals surface area contributed by atoms with Crippen LogP contribution in [0, 0.1) is 0 Å². The summed E-state index contributed by atoms with van der Waals surface area (Å²) in [6.45, 7) is 3.23. The summed E-state index contributed by atoms with van der Waals surface area (Å²) in [5.74, 6) is 0.538. The maximum atomic E-state index is 12.4. The molecule has 3 aliphatic rings. The molecule has 0 saturated heterocycles. The molecule has 3 heterocycles. The summed E-state index contributed by atoms with van der Waals surface area (Å²) in [6, 6.07) is 11.5. The van der Waals surface area contributed by atoms with Crippen LogP contribution in [0.2, 0.25) is 0 Å². The zero-order chi connectivity index (χ0) is 28.8. The van der Waals surface area contributed by atoms with Crippen LogP contribution in [0.15, 0.2) is 69.4 Å². The third-order valence-corrected chi connectivity index (χ3v) is 8.11. The predicted molar refractivity (Wildman–Crippen MR) is 160 cm³/mol. The van der Waals surface area contributed by atoms with E-state index in [0.717, 1.165) is 60.4 Å². The Hall–Kier alpha value is -3.59. The minimum atomic E-state index is -0.560. The molecule has 0 amide bonds. The molecule has 5 rings (SSSR count). The van der Waals surface area contributed by atoms with Gasteiger partial charge in [0, 0.05) is 37.3 Å². The molecule has 5 N–H and O–H groups in total. The van der Waals surface area contributed by atoms with Crippen LogP contribution in [0.25, 0.3) is 0 Å². The third kappa shape index (κ3) is 7.19. The highest BCUT2D eigenvalue weighted by molar-refractivity contribution is 5.87. The van der Waals surface area contributed by atoms with E-state index < -0.39 is 6.10 Å². The molecule has 8 heteroatoms. The molecular weight excluding hydrogens is 516 g/mol. The lowest BCUT2D eigenvalue weighted by molar-refractivity contribution is -0.855. The normalized spacial score (nSPS) is 19.7. The van der Waals surface area contributed by atoms with Crippen molar-refractivity contribution in [3.8, 4) is 11.5 Å². The molecule has 0 aliphatic carbocycles. The number of ketones is 1. The van der Waals surface area contributed by atoms with Gasteiger partial charge in [0.2, 0.25) is 6.73 Å². The van der Waals surface area contributed by atoms with Crippen LogP contribution in [0.3, 0.4) is 0 Å². The number of hydrogen-bond acceptors (Lipinski definition) is 7. The van der Waals surface area contributed by atoms with Crippen molar-refractivity contribution < 1.29 is 24.6 Å². The van der Waals surface area contributed by atoms with Crippen LogP contribution in [-0.2, 0) is 24.1 Å². The number of aliphatic hydroxyl groups is 1. The topological polar surface area (TPSA) is 122 Å². The maximum Gasteiger partial charge on any atom is 0.227 e. The fourth-order valence-electron chi connectivity index (χ4n) is 5.78. The number of rotatable bonds is 14. The zero-order valence-electron chi connectivity index (χ0n) is 23.8. The lowest BCUT2D eigenvalue weighted by Gasteiger charge is -2.20. The molecule has 8 nitrogen and oxygen atoms in total. The average molecular weight is 558 g/mol. The van der Waals surface area contributed by atoms with E-state index in [4.69, 9.17) is 10.5 Å². The Balaban J connectivity index is 1.15. The van der Waals surface area contributed by atoms with Crippen LogP contribution in [0.4, 0.5) is 0 Å². The first-order valence-electron chi connectivity index (χ1n) is 14.8. The number of Topliss-reactive ketones (excluding diaryl/α,β-unsaturated/α-hetero) is 1. The Morgan fingerprint density at radius 1 is 1.24 bits per heavy atom.